The zero-order valence-electron chi connectivity index (χ0n) is 13.3. The Bertz CT molecular complexity index is 756. The van der Waals surface area contributed by atoms with Gasteiger partial charge in [-0.05, 0) is 38.3 Å². The summed E-state index contributed by atoms with van der Waals surface area (Å²) in [6.07, 6.45) is 2.70. The summed E-state index contributed by atoms with van der Waals surface area (Å²) in [5.41, 5.74) is 5.05. The smallest absolute Gasteiger partial charge is 0.188 e. The van der Waals surface area contributed by atoms with Gasteiger partial charge in [0.25, 0.3) is 0 Å². The highest BCUT2D eigenvalue weighted by molar-refractivity contribution is 6.09. The van der Waals surface area contributed by atoms with Crippen LogP contribution in [-0.4, -0.2) is 11.3 Å². The topological polar surface area (TPSA) is 29.1 Å². The van der Waals surface area contributed by atoms with Crippen LogP contribution in [0.5, 0.6) is 0 Å². The van der Waals surface area contributed by atoms with Crippen molar-refractivity contribution >= 4 is 11.5 Å². The van der Waals surface area contributed by atoms with E-state index in [4.69, 9.17) is 0 Å². The van der Waals surface area contributed by atoms with Crippen LogP contribution in [0.3, 0.4) is 0 Å². The summed E-state index contributed by atoms with van der Waals surface area (Å²) in [4.78, 5) is 12.6. The van der Waals surface area contributed by atoms with E-state index in [0.717, 1.165) is 28.8 Å². The number of aryl methyl sites for hydroxylation is 1. The lowest BCUT2D eigenvalue weighted by Crippen LogP contribution is -2.43. The lowest BCUT2D eigenvalue weighted by Gasteiger charge is -2.35. The molecule has 2 aromatic rings. The average Bonchev–Trinajstić information content (AvgIpc) is 2.46. The van der Waals surface area contributed by atoms with Gasteiger partial charge in [-0.2, -0.15) is 0 Å². The van der Waals surface area contributed by atoms with E-state index < -0.39 is 0 Å². The summed E-state index contributed by atoms with van der Waals surface area (Å²) in [5, 5.41) is 3.51. The van der Waals surface area contributed by atoms with E-state index in [2.05, 4.69) is 37.4 Å². The van der Waals surface area contributed by atoms with E-state index >= 15 is 0 Å². The van der Waals surface area contributed by atoms with Gasteiger partial charge in [0, 0.05) is 28.4 Å². The summed E-state index contributed by atoms with van der Waals surface area (Å²) < 4.78 is 0. The van der Waals surface area contributed by atoms with Crippen LogP contribution in [0.25, 0.3) is 5.70 Å². The second-order valence-electron chi connectivity index (χ2n) is 6.58. The monoisotopic (exact) mass is 291 g/mol. The van der Waals surface area contributed by atoms with Gasteiger partial charge in [0.1, 0.15) is 0 Å². The molecule has 0 saturated carbocycles. The van der Waals surface area contributed by atoms with Crippen molar-refractivity contribution in [2.24, 2.45) is 0 Å². The van der Waals surface area contributed by atoms with Crippen LogP contribution in [0.15, 0.2) is 54.6 Å². The Hall–Kier alpha value is -2.35. The zero-order chi connectivity index (χ0) is 15.7. The van der Waals surface area contributed by atoms with Crippen molar-refractivity contribution in [2.75, 3.05) is 0 Å². The molecule has 2 nitrogen and oxygen atoms in total. The molecule has 2 aromatic carbocycles. The molecule has 0 amide bonds. The number of ketones is 1. The van der Waals surface area contributed by atoms with Gasteiger partial charge >= 0.3 is 0 Å². The normalized spacial score (nSPS) is 17.7. The molecule has 0 fully saturated rings. The van der Waals surface area contributed by atoms with E-state index in [1.807, 2.05) is 37.3 Å². The second-order valence-corrected chi connectivity index (χ2v) is 6.58. The number of allylic oxidation sites excluding steroid dienone is 1. The van der Waals surface area contributed by atoms with Gasteiger partial charge in [0.15, 0.2) is 5.78 Å². The van der Waals surface area contributed by atoms with Crippen molar-refractivity contribution in [2.45, 2.75) is 32.7 Å². The number of fused-ring (bicyclic) bond motifs is 1. The molecule has 0 spiro atoms. The molecule has 1 aliphatic rings. The molecule has 3 rings (SSSR count). The first-order valence-electron chi connectivity index (χ1n) is 7.64. The quantitative estimate of drug-likeness (QED) is 0.665. The Labute approximate surface area is 131 Å². The largest absolute Gasteiger partial charge is 0.379 e. The predicted molar refractivity (Wildman–Crippen MR) is 90.8 cm³/mol. The first kappa shape index (κ1) is 14.6. The highest BCUT2D eigenvalue weighted by Gasteiger charge is 2.27. The zero-order valence-corrected chi connectivity index (χ0v) is 13.3. The molecule has 112 valence electrons. The number of carbonyl (C=O) groups excluding carboxylic acids is 1. The van der Waals surface area contributed by atoms with E-state index in [9.17, 15) is 4.79 Å². The summed E-state index contributed by atoms with van der Waals surface area (Å²) in [6.45, 7) is 6.29. The first-order valence-corrected chi connectivity index (χ1v) is 7.64. The first-order chi connectivity index (χ1) is 10.5. The molecule has 0 saturated heterocycles. The summed E-state index contributed by atoms with van der Waals surface area (Å²) in [7, 11) is 0. The van der Waals surface area contributed by atoms with Gasteiger partial charge in [-0.15, -0.1) is 0 Å². The maximum absolute atomic E-state index is 12.6. The minimum atomic E-state index is -0.0494. The van der Waals surface area contributed by atoms with E-state index in [0.29, 0.717) is 0 Å². The predicted octanol–water partition coefficient (Wildman–Crippen LogP) is 4.14. The Morgan fingerprint density at radius 1 is 1.09 bits per heavy atom. The Kier molecular flexibility index (Phi) is 3.61. The van der Waals surface area contributed by atoms with Crippen molar-refractivity contribution in [1.29, 1.82) is 0 Å². The molecule has 1 heterocycles. The van der Waals surface area contributed by atoms with E-state index in [1.54, 1.807) is 6.08 Å². The number of hydrogen-bond donors (Lipinski definition) is 1. The lowest BCUT2D eigenvalue weighted by molar-refractivity contribution is 0.104. The molecule has 0 radical (unpaired) electrons. The molecular formula is C20H21NO. The minimum Gasteiger partial charge on any atom is -0.379 e. The van der Waals surface area contributed by atoms with Crippen LogP contribution in [-0.2, 0) is 6.42 Å². The van der Waals surface area contributed by atoms with Crippen LogP contribution in [0.2, 0.25) is 0 Å². The molecular weight excluding hydrogens is 270 g/mol. The maximum Gasteiger partial charge on any atom is 0.188 e. The Morgan fingerprint density at radius 3 is 2.55 bits per heavy atom. The van der Waals surface area contributed by atoms with Crippen molar-refractivity contribution < 1.29 is 4.79 Å². The highest BCUT2D eigenvalue weighted by Crippen LogP contribution is 2.29. The van der Waals surface area contributed by atoms with Crippen LogP contribution >= 0.6 is 0 Å². The number of hydrogen-bond acceptors (Lipinski definition) is 2. The third-order valence-corrected chi connectivity index (χ3v) is 4.10. The maximum atomic E-state index is 12.6. The van der Waals surface area contributed by atoms with Gasteiger partial charge in [-0.3, -0.25) is 4.79 Å². The molecule has 0 aliphatic carbocycles. The van der Waals surface area contributed by atoms with Crippen LogP contribution in [0, 0.1) is 6.92 Å². The van der Waals surface area contributed by atoms with Crippen molar-refractivity contribution in [3.05, 3.63) is 76.9 Å². The fourth-order valence-electron chi connectivity index (χ4n) is 3.06. The fourth-order valence-corrected chi connectivity index (χ4v) is 3.06. The third kappa shape index (κ3) is 2.82. The average molecular weight is 291 g/mol. The number of carbonyl (C=O) groups is 1. The molecule has 0 aromatic heterocycles. The van der Waals surface area contributed by atoms with Crippen molar-refractivity contribution in [3.8, 4) is 0 Å². The molecule has 1 aliphatic heterocycles. The lowest BCUT2D eigenvalue weighted by atomic mass is 9.85. The molecule has 1 N–H and O–H groups in total. The molecule has 2 heteroatoms. The van der Waals surface area contributed by atoms with Crippen molar-refractivity contribution in [1.82, 2.24) is 5.32 Å². The van der Waals surface area contributed by atoms with Gasteiger partial charge < -0.3 is 5.32 Å². The van der Waals surface area contributed by atoms with E-state index in [1.165, 1.54) is 5.56 Å². The second kappa shape index (κ2) is 5.45. The van der Waals surface area contributed by atoms with Crippen LogP contribution < -0.4 is 5.32 Å². The molecule has 22 heavy (non-hydrogen) atoms. The van der Waals surface area contributed by atoms with Crippen molar-refractivity contribution in [3.63, 3.8) is 0 Å². The van der Waals surface area contributed by atoms with Gasteiger partial charge in [-0.1, -0.05) is 48.5 Å². The Balaban J connectivity index is 2.04. The SMILES string of the molecule is Cc1ccccc1C(=O)C=C1NC(C)(C)Cc2ccccc21. The molecule has 0 bridgehead atoms. The summed E-state index contributed by atoms with van der Waals surface area (Å²) in [5.74, 6) is 0.0492. The summed E-state index contributed by atoms with van der Waals surface area (Å²) in [6, 6.07) is 16.0. The van der Waals surface area contributed by atoms with Gasteiger partial charge in [0.05, 0.1) is 0 Å². The minimum absolute atomic E-state index is 0.0492. The van der Waals surface area contributed by atoms with Crippen LogP contribution in [0.1, 0.15) is 40.9 Å². The standard InChI is InChI=1S/C20H21NO/c1-14-8-4-6-10-16(14)19(22)12-18-17-11-7-5-9-15(17)13-20(2,3)21-18/h4-12,21H,13H2,1-3H3. The van der Waals surface area contributed by atoms with Gasteiger partial charge in [-0.25, -0.2) is 0 Å². The van der Waals surface area contributed by atoms with E-state index in [-0.39, 0.29) is 11.3 Å². The number of benzene rings is 2. The van der Waals surface area contributed by atoms with Gasteiger partial charge in [0.2, 0.25) is 0 Å². The summed E-state index contributed by atoms with van der Waals surface area (Å²) >= 11 is 0. The third-order valence-electron chi connectivity index (χ3n) is 4.10. The molecule has 0 atom stereocenters. The fraction of sp³-hybridized carbons (Fsp3) is 0.250. The number of nitrogens with one attached hydrogen (secondary N) is 1. The Morgan fingerprint density at radius 2 is 1.77 bits per heavy atom. The van der Waals surface area contributed by atoms with Crippen LogP contribution in [0.4, 0.5) is 0 Å². The molecule has 0 unspecified atom stereocenters. The number of rotatable bonds is 2. The highest BCUT2D eigenvalue weighted by atomic mass is 16.1.